The number of ether oxygens (including phenoxy) is 1. The van der Waals surface area contributed by atoms with Gasteiger partial charge in [-0.05, 0) is 23.4 Å². The lowest BCUT2D eigenvalue weighted by atomic mass is 10.2. The highest BCUT2D eigenvalue weighted by Crippen LogP contribution is 2.22. The smallest absolute Gasteiger partial charge is 0.354 e. The summed E-state index contributed by atoms with van der Waals surface area (Å²) in [4.78, 5) is 3.98. The number of hydrogen-bond acceptors (Lipinski definition) is 4. The van der Waals surface area contributed by atoms with E-state index in [0.717, 1.165) is 5.56 Å². The fraction of sp³-hybridized carbons (Fsp3) is 0.111. The van der Waals surface area contributed by atoms with Crippen LogP contribution in [-0.4, -0.2) is 17.3 Å². The molecule has 0 aliphatic heterocycles. The van der Waals surface area contributed by atoms with Crippen molar-refractivity contribution >= 4 is 11.6 Å². The Bertz CT molecular complexity index is 442. The third-order valence-electron chi connectivity index (χ3n) is 1.66. The summed E-state index contributed by atoms with van der Waals surface area (Å²) in [6.07, 6.45) is 0. The van der Waals surface area contributed by atoms with Crippen LogP contribution in [-0.2, 0) is 0 Å². The molecule has 0 aliphatic rings. The van der Waals surface area contributed by atoms with E-state index in [1.165, 1.54) is 7.11 Å². The third kappa shape index (κ3) is 1.70. The lowest BCUT2D eigenvalue weighted by Crippen LogP contribution is -1.83. The van der Waals surface area contributed by atoms with Crippen LogP contribution in [0.3, 0.4) is 0 Å². The number of nitrogens with zero attached hydrogens (tertiary/aromatic N) is 2. The number of halogens is 1. The zero-order valence-corrected chi connectivity index (χ0v) is 8.15. The van der Waals surface area contributed by atoms with E-state index < -0.39 is 0 Å². The molecule has 2 aromatic rings. The van der Waals surface area contributed by atoms with E-state index in [1.54, 1.807) is 12.1 Å². The van der Waals surface area contributed by atoms with Gasteiger partial charge in [0.05, 0.1) is 7.11 Å². The molecule has 5 heteroatoms. The van der Waals surface area contributed by atoms with E-state index in [4.69, 9.17) is 20.9 Å². The minimum absolute atomic E-state index is 0.208. The zero-order chi connectivity index (χ0) is 9.97. The van der Waals surface area contributed by atoms with Crippen molar-refractivity contribution in [3.05, 3.63) is 29.3 Å². The fourth-order valence-electron chi connectivity index (χ4n) is 1.03. The van der Waals surface area contributed by atoms with Crippen molar-refractivity contribution in [1.82, 2.24) is 10.1 Å². The third-order valence-corrected chi connectivity index (χ3v) is 1.90. The highest BCUT2D eigenvalue weighted by atomic mass is 35.5. The molecule has 0 fully saturated rings. The summed E-state index contributed by atoms with van der Waals surface area (Å²) in [5.74, 6) is 0.393. The van der Waals surface area contributed by atoms with Crippen LogP contribution in [0.25, 0.3) is 11.5 Å². The molecule has 72 valence electrons. The monoisotopic (exact) mass is 210 g/mol. The average Bonchev–Trinajstić information content (AvgIpc) is 2.66. The van der Waals surface area contributed by atoms with Crippen molar-refractivity contribution in [1.29, 1.82) is 0 Å². The van der Waals surface area contributed by atoms with Crippen LogP contribution in [0.5, 0.6) is 6.01 Å². The maximum atomic E-state index is 5.81. The van der Waals surface area contributed by atoms with Gasteiger partial charge in [0.15, 0.2) is 0 Å². The highest BCUT2D eigenvalue weighted by molar-refractivity contribution is 6.30. The molecular formula is C9H7ClN2O2. The van der Waals surface area contributed by atoms with Crippen LogP contribution < -0.4 is 4.74 Å². The lowest BCUT2D eigenvalue weighted by Gasteiger charge is -1.93. The predicted molar refractivity (Wildman–Crippen MR) is 51.3 cm³/mol. The first kappa shape index (κ1) is 9.02. The number of rotatable bonds is 2. The molecule has 0 amide bonds. The topological polar surface area (TPSA) is 48.2 Å². The number of benzene rings is 1. The van der Waals surface area contributed by atoms with Crippen molar-refractivity contribution in [3.8, 4) is 17.5 Å². The van der Waals surface area contributed by atoms with E-state index in [1.807, 2.05) is 12.1 Å². The molecule has 1 aromatic heterocycles. The van der Waals surface area contributed by atoms with E-state index in [0.29, 0.717) is 10.9 Å². The number of methoxy groups -OCH3 is 1. The normalized spacial score (nSPS) is 10.1. The summed E-state index contributed by atoms with van der Waals surface area (Å²) in [5.41, 5.74) is 0.772. The molecule has 0 aliphatic carbocycles. The summed E-state index contributed by atoms with van der Waals surface area (Å²) in [6, 6.07) is 7.38. The van der Waals surface area contributed by atoms with E-state index in [9.17, 15) is 0 Å². The van der Waals surface area contributed by atoms with E-state index >= 15 is 0 Å². The molecule has 4 nitrogen and oxygen atoms in total. The molecule has 2 rings (SSSR count). The maximum absolute atomic E-state index is 5.81. The molecule has 14 heavy (non-hydrogen) atoms. The Balaban J connectivity index is 2.39. The van der Waals surface area contributed by atoms with Crippen molar-refractivity contribution in [2.75, 3.05) is 7.11 Å². The van der Waals surface area contributed by atoms with Gasteiger partial charge in [-0.25, -0.2) is 0 Å². The first-order chi connectivity index (χ1) is 6.79. The zero-order valence-electron chi connectivity index (χ0n) is 7.40. The van der Waals surface area contributed by atoms with Gasteiger partial charge in [0, 0.05) is 10.6 Å². The molecule has 0 saturated carbocycles. The summed E-state index contributed by atoms with van der Waals surface area (Å²) in [6.45, 7) is 0. The Morgan fingerprint density at radius 1 is 1.43 bits per heavy atom. The maximum Gasteiger partial charge on any atom is 0.354 e. The van der Waals surface area contributed by atoms with Gasteiger partial charge >= 0.3 is 6.01 Å². The van der Waals surface area contributed by atoms with Crippen LogP contribution in [0.1, 0.15) is 0 Å². The Kier molecular flexibility index (Phi) is 2.37. The summed E-state index contributed by atoms with van der Waals surface area (Å²) < 4.78 is 9.75. The quantitative estimate of drug-likeness (QED) is 0.764. The molecule has 0 N–H and O–H groups in total. The Morgan fingerprint density at radius 2 is 2.29 bits per heavy atom. The van der Waals surface area contributed by atoms with Gasteiger partial charge in [-0.15, -0.1) is 0 Å². The highest BCUT2D eigenvalue weighted by Gasteiger charge is 2.08. The minimum Gasteiger partial charge on any atom is -0.465 e. The Hall–Kier alpha value is -1.55. The van der Waals surface area contributed by atoms with Crippen molar-refractivity contribution in [2.24, 2.45) is 0 Å². The largest absolute Gasteiger partial charge is 0.465 e. The number of aromatic nitrogens is 2. The van der Waals surface area contributed by atoms with E-state index in [-0.39, 0.29) is 6.01 Å². The lowest BCUT2D eigenvalue weighted by molar-refractivity contribution is 0.338. The molecule has 0 saturated heterocycles. The SMILES string of the molecule is COc1noc(-c2cccc(Cl)c2)n1. The Morgan fingerprint density at radius 3 is 2.93 bits per heavy atom. The van der Waals surface area contributed by atoms with Gasteiger partial charge in [-0.2, -0.15) is 4.98 Å². The second-order valence-corrected chi connectivity index (χ2v) is 3.03. The molecule has 0 atom stereocenters. The van der Waals surface area contributed by atoms with E-state index in [2.05, 4.69) is 10.1 Å². The van der Waals surface area contributed by atoms with Crippen LogP contribution in [0.2, 0.25) is 5.02 Å². The summed E-state index contributed by atoms with van der Waals surface area (Å²) in [7, 11) is 1.48. The standard InChI is InChI=1S/C9H7ClN2O2/c1-13-9-11-8(14-12-9)6-3-2-4-7(10)5-6/h2-5H,1H3. The van der Waals surface area contributed by atoms with Crippen LogP contribution >= 0.6 is 11.6 Å². The van der Waals surface area contributed by atoms with Crippen molar-refractivity contribution in [3.63, 3.8) is 0 Å². The van der Waals surface area contributed by atoms with Crippen LogP contribution in [0.4, 0.5) is 0 Å². The second-order valence-electron chi connectivity index (χ2n) is 2.60. The molecule has 0 spiro atoms. The molecule has 1 heterocycles. The average molecular weight is 211 g/mol. The van der Waals surface area contributed by atoms with Crippen LogP contribution in [0, 0.1) is 0 Å². The predicted octanol–water partition coefficient (Wildman–Crippen LogP) is 2.40. The molecule has 1 aromatic carbocycles. The first-order valence-corrected chi connectivity index (χ1v) is 4.31. The van der Waals surface area contributed by atoms with Gasteiger partial charge < -0.3 is 9.26 Å². The number of hydrogen-bond donors (Lipinski definition) is 0. The second kappa shape index (κ2) is 3.67. The molecule has 0 radical (unpaired) electrons. The van der Waals surface area contributed by atoms with Crippen molar-refractivity contribution < 1.29 is 9.26 Å². The van der Waals surface area contributed by atoms with Gasteiger partial charge in [0.25, 0.3) is 5.89 Å². The molecular weight excluding hydrogens is 204 g/mol. The van der Waals surface area contributed by atoms with Crippen molar-refractivity contribution in [2.45, 2.75) is 0 Å². The van der Waals surface area contributed by atoms with Gasteiger partial charge in [0.1, 0.15) is 0 Å². The van der Waals surface area contributed by atoms with Gasteiger partial charge in [-0.1, -0.05) is 17.7 Å². The summed E-state index contributed by atoms with van der Waals surface area (Å²) in [5, 5.41) is 4.21. The van der Waals surface area contributed by atoms with Gasteiger partial charge in [-0.3, -0.25) is 0 Å². The first-order valence-electron chi connectivity index (χ1n) is 3.93. The van der Waals surface area contributed by atoms with Crippen LogP contribution in [0.15, 0.2) is 28.8 Å². The van der Waals surface area contributed by atoms with Gasteiger partial charge in [0.2, 0.25) is 0 Å². The molecule has 0 unspecified atom stereocenters. The Labute approximate surface area is 85.5 Å². The molecule has 0 bridgehead atoms. The summed E-state index contributed by atoms with van der Waals surface area (Å²) >= 11 is 5.81. The minimum atomic E-state index is 0.208. The fourth-order valence-corrected chi connectivity index (χ4v) is 1.22.